The van der Waals surface area contributed by atoms with Gasteiger partial charge in [0.25, 0.3) is 0 Å². The Labute approximate surface area is 118 Å². The van der Waals surface area contributed by atoms with Crippen molar-refractivity contribution in [3.63, 3.8) is 0 Å². The third-order valence-electron chi connectivity index (χ3n) is 3.16. The number of rotatable bonds is 6. The zero-order chi connectivity index (χ0) is 13.5. The van der Waals surface area contributed by atoms with Gasteiger partial charge in [0.2, 0.25) is 5.91 Å². The average molecular weight is 282 g/mol. The van der Waals surface area contributed by atoms with Crippen molar-refractivity contribution in [1.29, 1.82) is 0 Å². The second-order valence-electron chi connectivity index (χ2n) is 4.89. The van der Waals surface area contributed by atoms with Gasteiger partial charge in [-0.3, -0.25) is 9.48 Å². The third kappa shape index (κ3) is 5.24. The molecule has 1 aromatic rings. The van der Waals surface area contributed by atoms with Crippen molar-refractivity contribution in [2.45, 2.75) is 31.6 Å². The van der Waals surface area contributed by atoms with Gasteiger partial charge in [-0.15, -0.1) is 11.8 Å². The van der Waals surface area contributed by atoms with E-state index in [4.69, 9.17) is 0 Å². The Morgan fingerprint density at radius 1 is 1.58 bits per heavy atom. The normalized spacial score (nSPS) is 16.5. The molecule has 19 heavy (non-hydrogen) atoms. The van der Waals surface area contributed by atoms with Crippen molar-refractivity contribution in [3.8, 4) is 0 Å². The highest BCUT2D eigenvalue weighted by molar-refractivity contribution is 8.00. The van der Waals surface area contributed by atoms with E-state index < -0.39 is 0 Å². The Morgan fingerprint density at radius 2 is 2.37 bits per heavy atom. The molecule has 0 radical (unpaired) electrons. The van der Waals surface area contributed by atoms with Gasteiger partial charge in [0.1, 0.15) is 0 Å². The van der Waals surface area contributed by atoms with E-state index in [9.17, 15) is 4.79 Å². The molecule has 1 aromatic heterocycles. The summed E-state index contributed by atoms with van der Waals surface area (Å²) in [5, 5.41) is 11.1. The summed E-state index contributed by atoms with van der Waals surface area (Å²) in [5.41, 5.74) is 1.15. The standard InChI is InChI=1S/C13H22N4OS/c1-11-8-16-17(9-11)7-6-15-13(18)10-19-12-2-4-14-5-3-12/h8-9,12,14H,2-7,10H2,1H3,(H,15,18). The average Bonchev–Trinajstić information content (AvgIpc) is 2.83. The number of piperidine rings is 1. The molecule has 1 fully saturated rings. The van der Waals surface area contributed by atoms with Gasteiger partial charge in [0, 0.05) is 18.0 Å². The van der Waals surface area contributed by atoms with Crippen molar-refractivity contribution in [1.82, 2.24) is 20.4 Å². The maximum atomic E-state index is 11.7. The first kappa shape index (κ1) is 14.4. The number of hydrogen-bond donors (Lipinski definition) is 2. The number of nitrogens with one attached hydrogen (secondary N) is 2. The first-order valence-corrected chi connectivity index (χ1v) is 7.87. The minimum atomic E-state index is 0.132. The number of amides is 1. The molecule has 0 aliphatic carbocycles. The predicted molar refractivity (Wildman–Crippen MR) is 78.3 cm³/mol. The lowest BCUT2D eigenvalue weighted by Crippen LogP contribution is -2.32. The highest BCUT2D eigenvalue weighted by Gasteiger charge is 2.14. The first-order valence-electron chi connectivity index (χ1n) is 6.82. The van der Waals surface area contributed by atoms with E-state index in [2.05, 4.69) is 15.7 Å². The Hall–Kier alpha value is -1.01. The van der Waals surface area contributed by atoms with Crippen LogP contribution < -0.4 is 10.6 Å². The molecule has 1 aliphatic heterocycles. The van der Waals surface area contributed by atoms with Crippen LogP contribution in [0.1, 0.15) is 18.4 Å². The fraction of sp³-hybridized carbons (Fsp3) is 0.692. The summed E-state index contributed by atoms with van der Waals surface area (Å²) >= 11 is 1.78. The maximum absolute atomic E-state index is 11.7. The fourth-order valence-corrected chi connectivity index (χ4v) is 3.16. The maximum Gasteiger partial charge on any atom is 0.230 e. The number of carbonyl (C=O) groups excluding carboxylic acids is 1. The number of thioether (sulfide) groups is 1. The predicted octanol–water partition coefficient (Wildman–Crippen LogP) is 0.793. The van der Waals surface area contributed by atoms with E-state index in [-0.39, 0.29) is 5.91 Å². The number of nitrogens with zero attached hydrogens (tertiary/aromatic N) is 2. The summed E-state index contributed by atoms with van der Waals surface area (Å²) in [7, 11) is 0. The zero-order valence-electron chi connectivity index (χ0n) is 11.4. The second kappa shape index (κ2) is 7.55. The van der Waals surface area contributed by atoms with Crippen molar-refractivity contribution in [3.05, 3.63) is 18.0 Å². The van der Waals surface area contributed by atoms with Crippen LogP contribution in [-0.4, -0.2) is 46.3 Å². The lowest BCUT2D eigenvalue weighted by Gasteiger charge is -2.21. The molecular formula is C13H22N4OS. The summed E-state index contributed by atoms with van der Waals surface area (Å²) in [4.78, 5) is 11.7. The van der Waals surface area contributed by atoms with Crippen molar-refractivity contribution in [2.75, 3.05) is 25.4 Å². The highest BCUT2D eigenvalue weighted by Crippen LogP contribution is 2.19. The van der Waals surface area contributed by atoms with Crippen molar-refractivity contribution < 1.29 is 4.79 Å². The molecule has 2 rings (SSSR count). The largest absolute Gasteiger partial charge is 0.354 e. The van der Waals surface area contributed by atoms with Gasteiger partial charge >= 0.3 is 0 Å². The minimum absolute atomic E-state index is 0.132. The number of hydrogen-bond acceptors (Lipinski definition) is 4. The lowest BCUT2D eigenvalue weighted by molar-refractivity contribution is -0.118. The van der Waals surface area contributed by atoms with Crippen LogP contribution in [0.4, 0.5) is 0 Å². The summed E-state index contributed by atoms with van der Waals surface area (Å²) < 4.78 is 1.86. The quantitative estimate of drug-likeness (QED) is 0.810. The van der Waals surface area contributed by atoms with Crippen LogP contribution in [0, 0.1) is 6.92 Å². The Kier molecular flexibility index (Phi) is 5.72. The molecule has 6 heteroatoms. The molecule has 1 saturated heterocycles. The smallest absolute Gasteiger partial charge is 0.230 e. The van der Waals surface area contributed by atoms with Crippen LogP contribution >= 0.6 is 11.8 Å². The van der Waals surface area contributed by atoms with Crippen molar-refractivity contribution in [2.24, 2.45) is 0 Å². The molecule has 5 nitrogen and oxygen atoms in total. The van der Waals surface area contributed by atoms with Gasteiger partial charge in [-0.05, 0) is 38.4 Å². The summed E-state index contributed by atoms with van der Waals surface area (Å²) in [6.07, 6.45) is 6.15. The van der Waals surface area contributed by atoms with Gasteiger partial charge < -0.3 is 10.6 Å². The SMILES string of the molecule is Cc1cnn(CCNC(=O)CSC2CCNCC2)c1. The number of aryl methyl sites for hydroxylation is 1. The van der Waals surface area contributed by atoms with E-state index in [1.807, 2.05) is 24.0 Å². The molecule has 0 spiro atoms. The van der Waals surface area contributed by atoms with Crippen LogP contribution in [0.5, 0.6) is 0 Å². The molecule has 0 bridgehead atoms. The van der Waals surface area contributed by atoms with Crippen LogP contribution in [0.15, 0.2) is 12.4 Å². The molecule has 0 saturated carbocycles. The first-order chi connectivity index (χ1) is 9.24. The van der Waals surface area contributed by atoms with Crippen LogP contribution in [0.3, 0.4) is 0 Å². The number of aromatic nitrogens is 2. The molecule has 106 valence electrons. The molecule has 2 heterocycles. The molecule has 2 N–H and O–H groups in total. The molecule has 1 amide bonds. The monoisotopic (exact) mass is 282 g/mol. The highest BCUT2D eigenvalue weighted by atomic mass is 32.2. The summed E-state index contributed by atoms with van der Waals surface area (Å²) in [5.74, 6) is 0.704. The van der Waals surface area contributed by atoms with Gasteiger partial charge in [0.15, 0.2) is 0 Å². The van der Waals surface area contributed by atoms with Gasteiger partial charge in [0.05, 0.1) is 18.5 Å². The van der Waals surface area contributed by atoms with Crippen LogP contribution in [-0.2, 0) is 11.3 Å². The van der Waals surface area contributed by atoms with Gasteiger partial charge in [-0.2, -0.15) is 5.10 Å². The van der Waals surface area contributed by atoms with Crippen molar-refractivity contribution >= 4 is 17.7 Å². The van der Waals surface area contributed by atoms with Gasteiger partial charge in [-0.1, -0.05) is 0 Å². The molecular weight excluding hydrogens is 260 g/mol. The fourth-order valence-electron chi connectivity index (χ4n) is 2.11. The topological polar surface area (TPSA) is 59.0 Å². The Bertz CT molecular complexity index is 401. The Balaban J connectivity index is 1.56. The number of carbonyl (C=O) groups is 1. The van der Waals surface area contributed by atoms with E-state index in [0.717, 1.165) is 25.2 Å². The van der Waals surface area contributed by atoms with E-state index >= 15 is 0 Å². The van der Waals surface area contributed by atoms with Crippen LogP contribution in [0.2, 0.25) is 0 Å². The van der Waals surface area contributed by atoms with Crippen LogP contribution in [0.25, 0.3) is 0 Å². The Morgan fingerprint density at radius 3 is 3.05 bits per heavy atom. The third-order valence-corrected chi connectivity index (χ3v) is 4.53. The van der Waals surface area contributed by atoms with E-state index in [0.29, 0.717) is 17.5 Å². The van der Waals surface area contributed by atoms with Gasteiger partial charge in [-0.25, -0.2) is 0 Å². The second-order valence-corrected chi connectivity index (χ2v) is 6.18. The molecule has 0 atom stereocenters. The zero-order valence-corrected chi connectivity index (χ0v) is 12.2. The summed E-state index contributed by atoms with van der Waals surface area (Å²) in [6.45, 7) is 5.55. The van der Waals surface area contributed by atoms with E-state index in [1.54, 1.807) is 11.8 Å². The summed E-state index contributed by atoms with van der Waals surface area (Å²) in [6, 6.07) is 0. The lowest BCUT2D eigenvalue weighted by atomic mass is 10.2. The molecule has 0 aromatic carbocycles. The molecule has 1 aliphatic rings. The minimum Gasteiger partial charge on any atom is -0.354 e. The molecule has 0 unspecified atom stereocenters. The van der Waals surface area contributed by atoms with E-state index in [1.165, 1.54) is 12.8 Å².